The molecule has 0 fully saturated rings. The van der Waals surface area contributed by atoms with Crippen molar-refractivity contribution in [1.82, 2.24) is 0 Å². The molecule has 0 amide bonds. The van der Waals surface area contributed by atoms with Crippen molar-refractivity contribution >= 4 is 15.4 Å². The highest BCUT2D eigenvalue weighted by molar-refractivity contribution is 7.93. The fourth-order valence-electron chi connectivity index (χ4n) is 0.823. The van der Waals surface area contributed by atoms with Gasteiger partial charge in [-0.3, -0.25) is 0 Å². The molecule has 3 N–H and O–H groups in total. The van der Waals surface area contributed by atoms with Crippen molar-refractivity contribution in [3.63, 3.8) is 0 Å². The predicted molar refractivity (Wildman–Crippen MR) is 49.8 cm³/mol. The highest BCUT2D eigenvalue weighted by Gasteiger charge is 1.90. The standard InChI is InChI=1S/C7H17NO2S/c1-2-3-4-5-6-7-11(8,9)10/h7H,2-6H2,1H3,(H3,8,9,10). The molecule has 0 aliphatic heterocycles. The van der Waals surface area contributed by atoms with Gasteiger partial charge in [0.05, 0.1) is 0 Å². The van der Waals surface area contributed by atoms with E-state index in [1.54, 1.807) is 0 Å². The van der Waals surface area contributed by atoms with E-state index in [1.807, 2.05) is 0 Å². The molecule has 0 aliphatic carbocycles. The molecule has 1 atom stereocenters. The monoisotopic (exact) mass is 179 g/mol. The van der Waals surface area contributed by atoms with Gasteiger partial charge in [-0.25, -0.2) is 9.35 Å². The van der Waals surface area contributed by atoms with Crippen LogP contribution < -0.4 is 5.14 Å². The highest BCUT2D eigenvalue weighted by atomic mass is 32.2. The first-order chi connectivity index (χ1) is 5.06. The van der Waals surface area contributed by atoms with E-state index in [2.05, 4.69) is 6.92 Å². The molecule has 0 spiro atoms. The molecule has 11 heavy (non-hydrogen) atoms. The van der Waals surface area contributed by atoms with Gasteiger partial charge in [-0.1, -0.05) is 26.2 Å². The van der Waals surface area contributed by atoms with Crippen LogP contribution in [-0.2, 0) is 9.99 Å². The quantitative estimate of drug-likeness (QED) is 0.495. The Balaban J connectivity index is 3.36. The summed E-state index contributed by atoms with van der Waals surface area (Å²) >= 11 is 0. The van der Waals surface area contributed by atoms with Gasteiger partial charge in [0.15, 0.2) is 0 Å². The van der Waals surface area contributed by atoms with E-state index in [0.29, 0.717) is 6.42 Å². The van der Waals surface area contributed by atoms with Crippen LogP contribution in [0.3, 0.4) is 0 Å². The fourth-order valence-corrected chi connectivity index (χ4v) is 1.33. The average molecular weight is 179 g/mol. The van der Waals surface area contributed by atoms with E-state index >= 15 is 0 Å². The lowest BCUT2D eigenvalue weighted by molar-refractivity contribution is 0.561. The van der Waals surface area contributed by atoms with Crippen LogP contribution in [0, 0.1) is 0 Å². The maximum Gasteiger partial charge on any atom is 0.138 e. The van der Waals surface area contributed by atoms with Gasteiger partial charge in [-0.05, 0) is 12.8 Å². The number of unbranched alkanes of at least 4 members (excludes halogenated alkanes) is 4. The molecule has 0 aromatic heterocycles. The van der Waals surface area contributed by atoms with Crippen LogP contribution in [0.25, 0.3) is 0 Å². The van der Waals surface area contributed by atoms with Gasteiger partial charge >= 0.3 is 0 Å². The van der Waals surface area contributed by atoms with Crippen LogP contribution in [0.1, 0.15) is 39.0 Å². The fraction of sp³-hybridized carbons (Fsp3) is 0.857. The molecule has 1 unspecified atom stereocenters. The van der Waals surface area contributed by atoms with E-state index in [-0.39, 0.29) is 0 Å². The minimum absolute atomic E-state index is 0.645. The SMILES string of the molecule is CCCCCCC=S(N)(=O)O. The summed E-state index contributed by atoms with van der Waals surface area (Å²) in [5, 5.41) is 6.17. The number of hydrogen-bond donors (Lipinski definition) is 2. The van der Waals surface area contributed by atoms with Gasteiger partial charge in [0.1, 0.15) is 9.99 Å². The van der Waals surface area contributed by atoms with Crippen molar-refractivity contribution in [3.05, 3.63) is 0 Å². The van der Waals surface area contributed by atoms with Crippen LogP contribution in [0.2, 0.25) is 0 Å². The Morgan fingerprint density at radius 1 is 1.45 bits per heavy atom. The second-order valence-electron chi connectivity index (χ2n) is 2.63. The molecule has 4 heteroatoms. The summed E-state index contributed by atoms with van der Waals surface area (Å²) < 4.78 is 19.1. The number of rotatable bonds is 5. The van der Waals surface area contributed by atoms with Crippen LogP contribution >= 0.6 is 0 Å². The predicted octanol–water partition coefficient (Wildman–Crippen LogP) is 1.39. The average Bonchev–Trinajstić information content (AvgIpc) is 1.85. The van der Waals surface area contributed by atoms with E-state index < -0.39 is 9.99 Å². The Bertz CT molecular complexity index is 187. The highest BCUT2D eigenvalue weighted by Crippen LogP contribution is 2.00. The van der Waals surface area contributed by atoms with Crippen LogP contribution in [0.15, 0.2) is 0 Å². The lowest BCUT2D eigenvalue weighted by atomic mass is 10.2. The summed E-state index contributed by atoms with van der Waals surface area (Å²) in [6.45, 7) is 2.13. The van der Waals surface area contributed by atoms with Gasteiger partial charge < -0.3 is 4.55 Å². The summed E-state index contributed by atoms with van der Waals surface area (Å²) in [7, 11) is -3.09. The summed E-state index contributed by atoms with van der Waals surface area (Å²) in [4.78, 5) is 0. The molecule has 0 aromatic rings. The van der Waals surface area contributed by atoms with Crippen molar-refractivity contribution in [3.8, 4) is 0 Å². The number of hydrogen-bond acceptors (Lipinski definition) is 1. The molecule has 0 saturated carbocycles. The van der Waals surface area contributed by atoms with Crippen LogP contribution in [-0.4, -0.2) is 14.1 Å². The molecule has 0 saturated heterocycles. The molecule has 3 nitrogen and oxygen atoms in total. The zero-order valence-corrected chi connectivity index (χ0v) is 7.77. The first-order valence-corrected chi connectivity index (χ1v) is 5.58. The summed E-state index contributed by atoms with van der Waals surface area (Å²) in [5.41, 5.74) is 0. The molecular weight excluding hydrogens is 162 g/mol. The normalized spacial score (nSPS) is 15.9. The maximum absolute atomic E-state index is 10.5. The van der Waals surface area contributed by atoms with E-state index in [1.165, 1.54) is 18.2 Å². The Labute approximate surface area is 69.0 Å². The topological polar surface area (TPSA) is 63.3 Å². The third kappa shape index (κ3) is 9.94. The molecule has 0 rings (SSSR count). The van der Waals surface area contributed by atoms with E-state index in [4.69, 9.17) is 9.69 Å². The van der Waals surface area contributed by atoms with Gasteiger partial charge in [0.25, 0.3) is 0 Å². The molecule has 68 valence electrons. The summed E-state index contributed by atoms with van der Waals surface area (Å²) in [6, 6.07) is 0. The molecule has 0 bridgehead atoms. The van der Waals surface area contributed by atoms with Crippen LogP contribution in [0.5, 0.6) is 0 Å². The molecule has 0 aliphatic rings. The smallest absolute Gasteiger partial charge is 0.138 e. The minimum Gasteiger partial charge on any atom is -0.303 e. The largest absolute Gasteiger partial charge is 0.303 e. The third-order valence-electron chi connectivity index (χ3n) is 1.41. The zero-order chi connectivity index (χ0) is 8.74. The summed E-state index contributed by atoms with van der Waals surface area (Å²) in [6.07, 6.45) is 5.08. The second-order valence-corrected chi connectivity index (χ2v) is 4.19. The molecule has 0 radical (unpaired) electrons. The Kier molecular flexibility index (Phi) is 5.54. The van der Waals surface area contributed by atoms with Crippen LogP contribution in [0.4, 0.5) is 0 Å². The van der Waals surface area contributed by atoms with Gasteiger partial charge in [0, 0.05) is 5.37 Å². The molecular formula is C7H17NO2S. The van der Waals surface area contributed by atoms with Crippen molar-refractivity contribution in [1.29, 1.82) is 0 Å². The molecule has 0 aromatic carbocycles. The van der Waals surface area contributed by atoms with Crippen molar-refractivity contribution in [2.75, 3.05) is 0 Å². The zero-order valence-electron chi connectivity index (χ0n) is 6.95. The first kappa shape index (κ1) is 10.9. The molecule has 0 heterocycles. The number of nitrogens with two attached hydrogens (primary N) is 1. The third-order valence-corrected chi connectivity index (χ3v) is 2.13. The van der Waals surface area contributed by atoms with Gasteiger partial charge in [-0.15, -0.1) is 0 Å². The van der Waals surface area contributed by atoms with Crippen molar-refractivity contribution in [2.45, 2.75) is 39.0 Å². The second kappa shape index (κ2) is 5.57. The first-order valence-electron chi connectivity index (χ1n) is 3.94. The maximum atomic E-state index is 10.5. The van der Waals surface area contributed by atoms with E-state index in [0.717, 1.165) is 12.8 Å². The van der Waals surface area contributed by atoms with Gasteiger partial charge in [0.2, 0.25) is 0 Å². The van der Waals surface area contributed by atoms with E-state index in [9.17, 15) is 4.21 Å². The van der Waals surface area contributed by atoms with Gasteiger partial charge in [-0.2, -0.15) is 0 Å². The Morgan fingerprint density at radius 2 is 2.09 bits per heavy atom. The lowest BCUT2D eigenvalue weighted by Gasteiger charge is -1.95. The minimum atomic E-state index is -3.09. The Morgan fingerprint density at radius 3 is 2.55 bits per heavy atom. The lowest BCUT2D eigenvalue weighted by Crippen LogP contribution is -2.13. The van der Waals surface area contributed by atoms with Crippen molar-refractivity contribution < 1.29 is 8.76 Å². The summed E-state index contributed by atoms with van der Waals surface area (Å²) in [5.74, 6) is 0. The Hall–Kier alpha value is -0.0600. The van der Waals surface area contributed by atoms with Crippen molar-refractivity contribution in [2.24, 2.45) is 5.14 Å².